The number of hydrogen-bond donors (Lipinski definition) is 6. The van der Waals surface area contributed by atoms with Crippen LogP contribution in [0, 0.1) is 0 Å². The number of carboxylic acids is 1. The topological polar surface area (TPSA) is 196 Å². The number of pyridine rings is 1. The van der Waals surface area contributed by atoms with Crippen LogP contribution in [0.25, 0.3) is 11.1 Å². The van der Waals surface area contributed by atoms with Gasteiger partial charge in [0, 0.05) is 56.6 Å². The molecule has 13 heteroatoms. The lowest BCUT2D eigenvalue weighted by molar-refractivity contribution is -0.142. The van der Waals surface area contributed by atoms with Gasteiger partial charge in [-0.15, -0.1) is 0 Å². The van der Waals surface area contributed by atoms with Gasteiger partial charge in [-0.1, -0.05) is 97.1 Å². The van der Waals surface area contributed by atoms with Crippen molar-refractivity contribution in [3.05, 3.63) is 156 Å². The Morgan fingerprint density at radius 1 is 0.534 bits per heavy atom. The maximum atomic E-state index is 14.4. The standard InChI is InChI=1S/C45H44N6O7/c52-40-19-20-41(53)48-36(27-32-21-23-46-24-22-32)42(54)49-38(26-30-11-15-34(16-12-30)33-9-5-2-6-10-33)43(55)50-37(25-29-7-3-1-4-8-29)44(56)51-39(45(57)58)28-31-13-17-35(47-40)18-14-31/h1-18,21-24,36-39H,19-20,25-28H2,(H,47,52)(H,48,53)(H,49,54)(H,50,55)(H,51,56)(H,57,58)/t36-,37-,38+,39+/m1/s1. The van der Waals surface area contributed by atoms with E-state index in [1.165, 1.54) is 0 Å². The van der Waals surface area contributed by atoms with Gasteiger partial charge in [0.1, 0.15) is 24.2 Å². The number of nitrogens with one attached hydrogen (secondary N) is 5. The lowest BCUT2D eigenvalue weighted by Gasteiger charge is -2.26. The molecule has 0 radical (unpaired) electrons. The second-order valence-electron chi connectivity index (χ2n) is 14.1. The van der Waals surface area contributed by atoms with Crippen LogP contribution in [0.3, 0.4) is 0 Å². The van der Waals surface area contributed by atoms with Crippen molar-refractivity contribution in [1.29, 1.82) is 0 Å². The number of carboxylic acid groups (broad SMARTS) is 1. The van der Waals surface area contributed by atoms with Gasteiger partial charge in [-0.2, -0.15) is 0 Å². The third-order valence-corrected chi connectivity index (χ3v) is 9.76. The molecule has 4 atom stereocenters. The van der Waals surface area contributed by atoms with E-state index in [2.05, 4.69) is 31.6 Å². The minimum atomic E-state index is -1.36. The van der Waals surface area contributed by atoms with Crippen molar-refractivity contribution >= 4 is 41.2 Å². The van der Waals surface area contributed by atoms with Gasteiger partial charge in [-0.05, 0) is 57.6 Å². The van der Waals surface area contributed by atoms with Crippen LogP contribution in [0.1, 0.15) is 35.1 Å². The Morgan fingerprint density at radius 3 is 1.60 bits per heavy atom. The molecule has 7 rings (SSSR count). The van der Waals surface area contributed by atoms with E-state index in [9.17, 15) is 33.9 Å². The first-order chi connectivity index (χ1) is 28.1. The number of anilines is 1. The van der Waals surface area contributed by atoms with Crippen molar-refractivity contribution in [3.63, 3.8) is 0 Å². The highest BCUT2D eigenvalue weighted by molar-refractivity contribution is 5.97. The summed E-state index contributed by atoms with van der Waals surface area (Å²) < 4.78 is 0. The van der Waals surface area contributed by atoms with Crippen LogP contribution in [0.4, 0.5) is 5.69 Å². The van der Waals surface area contributed by atoms with E-state index in [0.29, 0.717) is 27.9 Å². The number of fused-ring (bicyclic) bond motifs is 18. The average molecular weight is 781 g/mol. The van der Waals surface area contributed by atoms with E-state index < -0.39 is 59.7 Å². The van der Waals surface area contributed by atoms with Gasteiger partial charge >= 0.3 is 5.97 Å². The molecule has 5 aromatic rings. The Kier molecular flexibility index (Phi) is 13.7. The van der Waals surface area contributed by atoms with Crippen LogP contribution < -0.4 is 26.6 Å². The molecule has 3 heterocycles. The Hall–Kier alpha value is -7.15. The van der Waals surface area contributed by atoms with Gasteiger partial charge in [0.25, 0.3) is 0 Å². The summed E-state index contributed by atoms with van der Waals surface area (Å²) in [5.74, 6) is -4.39. The Morgan fingerprint density at radius 2 is 1.02 bits per heavy atom. The first kappa shape index (κ1) is 40.5. The number of amides is 5. The second-order valence-corrected chi connectivity index (χ2v) is 14.1. The number of carbonyl (C=O) groups excluding carboxylic acids is 5. The highest BCUT2D eigenvalue weighted by atomic mass is 16.4. The molecule has 58 heavy (non-hydrogen) atoms. The fraction of sp³-hybridized carbons (Fsp3) is 0.222. The lowest BCUT2D eigenvalue weighted by atomic mass is 9.98. The summed E-state index contributed by atoms with van der Waals surface area (Å²) >= 11 is 0. The number of hydrogen-bond acceptors (Lipinski definition) is 7. The minimum Gasteiger partial charge on any atom is -0.480 e. The molecular weight excluding hydrogens is 737 g/mol. The molecule has 2 bridgehead atoms. The molecule has 0 aliphatic carbocycles. The van der Waals surface area contributed by atoms with E-state index >= 15 is 0 Å². The van der Waals surface area contributed by atoms with Gasteiger partial charge in [0.15, 0.2) is 0 Å². The van der Waals surface area contributed by atoms with Gasteiger partial charge in [-0.25, -0.2) is 4.79 Å². The molecular formula is C45H44N6O7. The normalized spacial score (nSPS) is 19.7. The van der Waals surface area contributed by atoms with Gasteiger partial charge in [-0.3, -0.25) is 29.0 Å². The highest BCUT2D eigenvalue weighted by Crippen LogP contribution is 2.20. The quantitative estimate of drug-likeness (QED) is 0.128. The maximum Gasteiger partial charge on any atom is 0.326 e. The van der Waals surface area contributed by atoms with Crippen LogP contribution in [-0.4, -0.2) is 69.8 Å². The molecule has 0 spiro atoms. The smallest absolute Gasteiger partial charge is 0.326 e. The summed E-state index contributed by atoms with van der Waals surface area (Å²) in [7, 11) is 0. The Bertz CT molecular complexity index is 2200. The van der Waals surface area contributed by atoms with Crippen molar-refractivity contribution in [1.82, 2.24) is 26.3 Å². The van der Waals surface area contributed by atoms with Crippen molar-refractivity contribution in [2.45, 2.75) is 62.7 Å². The molecule has 13 nitrogen and oxygen atoms in total. The average Bonchev–Trinajstić information content (AvgIpc) is 3.23. The molecule has 5 amide bonds. The van der Waals surface area contributed by atoms with Crippen LogP contribution in [0.5, 0.6) is 0 Å². The second kappa shape index (κ2) is 19.6. The number of rotatable bonds is 8. The fourth-order valence-corrected chi connectivity index (χ4v) is 6.63. The van der Waals surface area contributed by atoms with Crippen LogP contribution in [0.15, 0.2) is 134 Å². The number of aromatic nitrogens is 1. The lowest BCUT2D eigenvalue weighted by Crippen LogP contribution is -2.59. The predicted octanol–water partition coefficient (Wildman–Crippen LogP) is 3.78. The van der Waals surface area contributed by atoms with E-state index in [1.807, 2.05) is 60.7 Å². The van der Waals surface area contributed by atoms with Crippen molar-refractivity contribution in [3.8, 4) is 11.1 Å². The molecule has 2 aliphatic rings. The van der Waals surface area contributed by atoms with Crippen molar-refractivity contribution < 1.29 is 33.9 Å². The third kappa shape index (κ3) is 11.7. The number of aliphatic carboxylic acids is 1. The molecule has 296 valence electrons. The maximum absolute atomic E-state index is 14.4. The summed E-state index contributed by atoms with van der Waals surface area (Å²) in [6.45, 7) is 0. The van der Waals surface area contributed by atoms with Crippen molar-refractivity contribution in [2.75, 3.05) is 5.32 Å². The first-order valence-corrected chi connectivity index (χ1v) is 19.0. The highest BCUT2D eigenvalue weighted by Gasteiger charge is 2.32. The number of carbonyl (C=O) groups is 6. The van der Waals surface area contributed by atoms with E-state index in [4.69, 9.17) is 0 Å². The van der Waals surface area contributed by atoms with Crippen molar-refractivity contribution in [2.24, 2.45) is 0 Å². The molecule has 0 unspecified atom stereocenters. The predicted molar refractivity (Wildman–Crippen MR) is 217 cm³/mol. The number of nitrogens with zero attached hydrogens (tertiary/aromatic N) is 1. The molecule has 1 aromatic heterocycles. The number of benzene rings is 4. The largest absolute Gasteiger partial charge is 0.480 e. The van der Waals surface area contributed by atoms with Crippen LogP contribution >= 0.6 is 0 Å². The molecule has 6 N–H and O–H groups in total. The van der Waals surface area contributed by atoms with E-state index in [1.54, 1.807) is 73.1 Å². The zero-order chi connectivity index (χ0) is 40.9. The molecule has 0 saturated heterocycles. The summed E-state index contributed by atoms with van der Waals surface area (Å²) in [6.07, 6.45) is 2.70. The molecule has 4 aromatic carbocycles. The van der Waals surface area contributed by atoms with E-state index in [-0.39, 0.29) is 38.5 Å². The van der Waals surface area contributed by atoms with E-state index in [0.717, 1.165) is 11.1 Å². The Balaban J connectivity index is 1.35. The summed E-state index contributed by atoms with van der Waals surface area (Å²) in [5.41, 5.74) is 5.03. The summed E-state index contributed by atoms with van der Waals surface area (Å²) in [4.78, 5) is 85.2. The van der Waals surface area contributed by atoms with Crippen LogP contribution in [-0.2, 0) is 54.5 Å². The van der Waals surface area contributed by atoms with Gasteiger partial charge in [0.05, 0.1) is 0 Å². The van der Waals surface area contributed by atoms with Gasteiger partial charge in [0.2, 0.25) is 29.5 Å². The zero-order valence-corrected chi connectivity index (χ0v) is 31.6. The SMILES string of the molecule is O=C1CCC(=O)N[C@H](Cc2ccncc2)C(=O)N[C@@H](Cc2ccc(-c3ccccc3)cc2)C(=O)N[C@H](Cc2ccccc2)C(=O)N[C@H](C(=O)O)Cc2ccc(cc2)N1. The molecule has 2 aliphatic heterocycles. The zero-order valence-electron chi connectivity index (χ0n) is 31.6. The fourth-order valence-electron chi connectivity index (χ4n) is 6.63. The Labute approximate surface area is 335 Å². The van der Waals surface area contributed by atoms with Gasteiger partial charge < -0.3 is 31.7 Å². The molecule has 0 saturated carbocycles. The molecule has 0 fully saturated rings. The first-order valence-electron chi connectivity index (χ1n) is 19.0. The summed E-state index contributed by atoms with van der Waals surface area (Å²) in [6, 6.07) is 31.1. The van der Waals surface area contributed by atoms with Crippen LogP contribution in [0.2, 0.25) is 0 Å². The summed E-state index contributed by atoms with van der Waals surface area (Å²) in [5, 5.41) is 23.9. The third-order valence-electron chi connectivity index (χ3n) is 9.76. The minimum absolute atomic E-state index is 0.00991. The monoisotopic (exact) mass is 780 g/mol.